The summed E-state index contributed by atoms with van der Waals surface area (Å²) in [6.07, 6.45) is 1.68. The SMILES string of the molecule is CCOC(=O)CCN(C)C(=O)c1cc(N)cnc1C. The molecule has 1 rings (SSSR count). The molecular formula is C13H19N3O3. The van der Waals surface area contributed by atoms with E-state index in [1.165, 1.54) is 11.1 Å². The number of anilines is 1. The van der Waals surface area contributed by atoms with Gasteiger partial charge in [-0.15, -0.1) is 0 Å². The number of aryl methyl sites for hydroxylation is 1. The molecule has 0 aliphatic carbocycles. The van der Waals surface area contributed by atoms with Crippen LogP contribution in [0.4, 0.5) is 5.69 Å². The Labute approximate surface area is 112 Å². The van der Waals surface area contributed by atoms with Gasteiger partial charge in [0.05, 0.1) is 36.2 Å². The molecule has 0 aliphatic heterocycles. The molecule has 0 aromatic carbocycles. The third-order valence-corrected chi connectivity index (χ3v) is 2.64. The second-order valence-electron chi connectivity index (χ2n) is 4.18. The van der Waals surface area contributed by atoms with Crippen molar-refractivity contribution in [3.05, 3.63) is 23.5 Å². The number of carbonyl (C=O) groups is 2. The zero-order valence-corrected chi connectivity index (χ0v) is 11.5. The van der Waals surface area contributed by atoms with Crippen LogP contribution in [0.25, 0.3) is 0 Å². The van der Waals surface area contributed by atoms with Crippen LogP contribution in [0.3, 0.4) is 0 Å². The summed E-state index contributed by atoms with van der Waals surface area (Å²) >= 11 is 0. The Morgan fingerprint density at radius 3 is 2.79 bits per heavy atom. The summed E-state index contributed by atoms with van der Waals surface area (Å²) in [4.78, 5) is 28.9. The molecule has 6 nitrogen and oxygen atoms in total. The molecule has 6 heteroatoms. The van der Waals surface area contributed by atoms with E-state index in [-0.39, 0.29) is 18.3 Å². The number of hydrogen-bond acceptors (Lipinski definition) is 5. The second-order valence-corrected chi connectivity index (χ2v) is 4.18. The first-order valence-electron chi connectivity index (χ1n) is 6.09. The van der Waals surface area contributed by atoms with E-state index >= 15 is 0 Å². The summed E-state index contributed by atoms with van der Waals surface area (Å²) in [5.74, 6) is -0.522. The fraction of sp³-hybridized carbons (Fsp3) is 0.462. The average molecular weight is 265 g/mol. The van der Waals surface area contributed by atoms with Crippen LogP contribution in [0.15, 0.2) is 12.3 Å². The van der Waals surface area contributed by atoms with E-state index in [1.807, 2.05) is 0 Å². The Morgan fingerprint density at radius 2 is 2.16 bits per heavy atom. The highest BCUT2D eigenvalue weighted by molar-refractivity contribution is 5.96. The molecule has 1 heterocycles. The molecular weight excluding hydrogens is 246 g/mol. The Bertz CT molecular complexity index is 474. The lowest BCUT2D eigenvalue weighted by atomic mass is 10.1. The van der Waals surface area contributed by atoms with Crippen LogP contribution in [0, 0.1) is 6.92 Å². The number of pyridine rings is 1. The number of hydrogen-bond donors (Lipinski definition) is 1. The molecule has 0 aliphatic rings. The number of nitrogens with zero attached hydrogens (tertiary/aromatic N) is 2. The zero-order chi connectivity index (χ0) is 14.4. The first-order valence-corrected chi connectivity index (χ1v) is 6.09. The Kier molecular flexibility index (Phi) is 5.29. The number of nitrogens with two attached hydrogens (primary N) is 1. The predicted molar refractivity (Wildman–Crippen MR) is 71.6 cm³/mol. The second kappa shape index (κ2) is 6.72. The van der Waals surface area contributed by atoms with Gasteiger partial charge in [0.1, 0.15) is 0 Å². The van der Waals surface area contributed by atoms with Crippen LogP contribution < -0.4 is 5.73 Å². The van der Waals surface area contributed by atoms with Gasteiger partial charge in [-0.25, -0.2) is 0 Å². The van der Waals surface area contributed by atoms with Crippen molar-refractivity contribution in [2.24, 2.45) is 0 Å². The maximum Gasteiger partial charge on any atom is 0.307 e. The zero-order valence-electron chi connectivity index (χ0n) is 11.5. The number of carbonyl (C=O) groups excluding carboxylic acids is 2. The maximum absolute atomic E-state index is 12.2. The largest absolute Gasteiger partial charge is 0.466 e. The lowest BCUT2D eigenvalue weighted by Gasteiger charge is -2.17. The monoisotopic (exact) mass is 265 g/mol. The molecule has 0 fully saturated rings. The number of rotatable bonds is 5. The van der Waals surface area contributed by atoms with Crippen LogP contribution in [0.5, 0.6) is 0 Å². The van der Waals surface area contributed by atoms with Crippen LogP contribution in [-0.4, -0.2) is 42.0 Å². The highest BCUT2D eigenvalue weighted by Crippen LogP contribution is 2.12. The fourth-order valence-electron chi connectivity index (χ4n) is 1.57. The molecule has 1 amide bonds. The van der Waals surface area contributed by atoms with Crippen LogP contribution in [0.1, 0.15) is 29.4 Å². The quantitative estimate of drug-likeness (QED) is 0.803. The summed E-state index contributed by atoms with van der Waals surface area (Å²) < 4.78 is 4.81. The Hall–Kier alpha value is -2.11. The minimum Gasteiger partial charge on any atom is -0.466 e. The van der Waals surface area contributed by atoms with Crippen molar-refractivity contribution in [2.45, 2.75) is 20.3 Å². The van der Waals surface area contributed by atoms with Gasteiger partial charge in [-0.2, -0.15) is 0 Å². The highest BCUT2D eigenvalue weighted by Gasteiger charge is 2.16. The normalized spacial score (nSPS) is 10.1. The number of ether oxygens (including phenoxy) is 1. The lowest BCUT2D eigenvalue weighted by Crippen LogP contribution is -2.30. The van der Waals surface area contributed by atoms with E-state index in [4.69, 9.17) is 10.5 Å². The summed E-state index contributed by atoms with van der Waals surface area (Å²) in [6.45, 7) is 4.13. The standard InChI is InChI=1S/C13H19N3O3/c1-4-19-12(17)5-6-16(3)13(18)11-7-10(14)8-15-9(11)2/h7-8H,4-6,14H2,1-3H3. The van der Waals surface area contributed by atoms with Crippen molar-refractivity contribution in [2.75, 3.05) is 25.9 Å². The number of amides is 1. The molecule has 0 bridgehead atoms. The smallest absolute Gasteiger partial charge is 0.307 e. The van der Waals surface area contributed by atoms with Gasteiger partial charge in [0.15, 0.2) is 0 Å². The van der Waals surface area contributed by atoms with Gasteiger partial charge in [0.2, 0.25) is 0 Å². The molecule has 104 valence electrons. The van der Waals surface area contributed by atoms with E-state index < -0.39 is 0 Å². The van der Waals surface area contributed by atoms with Crippen molar-refractivity contribution in [3.8, 4) is 0 Å². The minimum absolute atomic E-state index is 0.171. The highest BCUT2D eigenvalue weighted by atomic mass is 16.5. The Balaban J connectivity index is 2.66. The third-order valence-electron chi connectivity index (χ3n) is 2.64. The minimum atomic E-state index is -0.315. The molecule has 0 saturated carbocycles. The topological polar surface area (TPSA) is 85.5 Å². The summed E-state index contributed by atoms with van der Waals surface area (Å²) in [6, 6.07) is 1.59. The van der Waals surface area contributed by atoms with Gasteiger partial charge in [-0.05, 0) is 19.9 Å². The van der Waals surface area contributed by atoms with Crippen molar-refractivity contribution in [3.63, 3.8) is 0 Å². The number of nitrogen functional groups attached to an aromatic ring is 1. The van der Waals surface area contributed by atoms with Crippen molar-refractivity contribution in [1.82, 2.24) is 9.88 Å². The van der Waals surface area contributed by atoms with E-state index in [0.717, 1.165) is 0 Å². The summed E-state index contributed by atoms with van der Waals surface area (Å²) in [5.41, 5.74) is 7.12. The van der Waals surface area contributed by atoms with Gasteiger partial charge in [-0.3, -0.25) is 14.6 Å². The number of aromatic nitrogens is 1. The molecule has 0 unspecified atom stereocenters. The molecule has 0 atom stereocenters. The van der Waals surface area contributed by atoms with E-state index in [0.29, 0.717) is 30.1 Å². The van der Waals surface area contributed by atoms with Crippen molar-refractivity contribution < 1.29 is 14.3 Å². The molecule has 19 heavy (non-hydrogen) atoms. The van der Waals surface area contributed by atoms with Crippen LogP contribution in [-0.2, 0) is 9.53 Å². The first-order chi connectivity index (χ1) is 8.95. The van der Waals surface area contributed by atoms with Crippen LogP contribution in [0.2, 0.25) is 0 Å². The van der Waals surface area contributed by atoms with E-state index in [9.17, 15) is 9.59 Å². The van der Waals surface area contributed by atoms with Gasteiger partial charge >= 0.3 is 5.97 Å². The molecule has 0 radical (unpaired) electrons. The van der Waals surface area contributed by atoms with E-state index in [1.54, 1.807) is 27.0 Å². The fourth-order valence-corrected chi connectivity index (χ4v) is 1.57. The molecule has 2 N–H and O–H groups in total. The molecule has 1 aromatic heterocycles. The van der Waals surface area contributed by atoms with Crippen LogP contribution >= 0.6 is 0 Å². The van der Waals surface area contributed by atoms with E-state index in [2.05, 4.69) is 4.98 Å². The summed E-state index contributed by atoms with van der Waals surface area (Å²) in [5, 5.41) is 0. The van der Waals surface area contributed by atoms with Gasteiger partial charge < -0.3 is 15.4 Å². The van der Waals surface area contributed by atoms with Crippen molar-refractivity contribution >= 4 is 17.6 Å². The average Bonchev–Trinajstić information content (AvgIpc) is 2.38. The maximum atomic E-state index is 12.2. The van der Waals surface area contributed by atoms with Crippen molar-refractivity contribution in [1.29, 1.82) is 0 Å². The lowest BCUT2D eigenvalue weighted by molar-refractivity contribution is -0.143. The molecule has 1 aromatic rings. The predicted octanol–water partition coefficient (Wildman–Crippen LogP) is 0.997. The summed E-state index contributed by atoms with van der Waals surface area (Å²) in [7, 11) is 1.63. The van der Waals surface area contributed by atoms with Gasteiger partial charge in [0.25, 0.3) is 5.91 Å². The molecule has 0 saturated heterocycles. The molecule has 0 spiro atoms. The Morgan fingerprint density at radius 1 is 1.47 bits per heavy atom. The third kappa shape index (κ3) is 4.24. The van der Waals surface area contributed by atoms with Gasteiger partial charge in [-0.1, -0.05) is 0 Å². The van der Waals surface area contributed by atoms with Gasteiger partial charge in [0, 0.05) is 13.6 Å². The first kappa shape index (κ1) is 14.9. The number of esters is 1.